The molecule has 1 saturated heterocycles. The molecule has 1 atom stereocenters. The fourth-order valence-electron chi connectivity index (χ4n) is 3.07. The summed E-state index contributed by atoms with van der Waals surface area (Å²) in [6.45, 7) is 8.09. The fraction of sp³-hybridized carbons (Fsp3) is 0.500. The summed E-state index contributed by atoms with van der Waals surface area (Å²) in [5.41, 5.74) is 2.37. The molecule has 4 heteroatoms. The van der Waals surface area contributed by atoms with Crippen molar-refractivity contribution in [3.8, 4) is 5.75 Å². The Morgan fingerprint density at radius 2 is 2.09 bits per heavy atom. The van der Waals surface area contributed by atoms with Gasteiger partial charge in [-0.15, -0.1) is 0 Å². The molecule has 0 bridgehead atoms. The lowest BCUT2D eigenvalue weighted by atomic mass is 10.1. The van der Waals surface area contributed by atoms with Crippen LogP contribution in [0.3, 0.4) is 0 Å². The van der Waals surface area contributed by atoms with Gasteiger partial charge >= 0.3 is 0 Å². The first-order valence-corrected chi connectivity index (χ1v) is 8.04. The molecule has 1 aliphatic rings. The molecule has 3 rings (SSSR count). The molecular weight excluding hydrogens is 276 g/mol. The molecule has 118 valence electrons. The summed E-state index contributed by atoms with van der Waals surface area (Å²) in [6, 6.07) is 10.9. The van der Waals surface area contributed by atoms with Crippen molar-refractivity contribution in [3.05, 3.63) is 47.3 Å². The lowest BCUT2D eigenvalue weighted by molar-refractivity contribution is 0.235. The maximum atomic E-state index is 5.70. The van der Waals surface area contributed by atoms with Crippen molar-refractivity contribution >= 4 is 0 Å². The van der Waals surface area contributed by atoms with E-state index in [0.717, 1.165) is 36.7 Å². The van der Waals surface area contributed by atoms with Crippen molar-refractivity contribution < 1.29 is 9.26 Å². The second kappa shape index (κ2) is 6.53. The molecule has 1 aromatic heterocycles. The quantitative estimate of drug-likeness (QED) is 0.833. The minimum Gasteiger partial charge on any atom is -0.491 e. The molecule has 2 heterocycles. The van der Waals surface area contributed by atoms with Crippen LogP contribution in [0.2, 0.25) is 0 Å². The minimum absolute atomic E-state index is 0.212. The molecule has 0 saturated carbocycles. The first-order chi connectivity index (χ1) is 10.6. The average molecular weight is 300 g/mol. The Labute approximate surface area is 132 Å². The molecule has 1 aliphatic heterocycles. The van der Waals surface area contributed by atoms with Gasteiger partial charge in [-0.3, -0.25) is 4.90 Å². The van der Waals surface area contributed by atoms with Crippen molar-refractivity contribution in [1.29, 1.82) is 0 Å². The third-order valence-corrected chi connectivity index (χ3v) is 4.03. The summed E-state index contributed by atoms with van der Waals surface area (Å²) >= 11 is 0. The van der Waals surface area contributed by atoms with Crippen LogP contribution in [0.4, 0.5) is 0 Å². The Morgan fingerprint density at radius 3 is 2.73 bits per heavy atom. The summed E-state index contributed by atoms with van der Waals surface area (Å²) in [5, 5.41) is 4.20. The molecule has 4 nitrogen and oxygen atoms in total. The van der Waals surface area contributed by atoms with Crippen LogP contribution in [-0.4, -0.2) is 22.7 Å². The molecule has 22 heavy (non-hydrogen) atoms. The molecule has 1 fully saturated rings. The standard InChI is InChI=1S/C18H24N2O2/c1-13(2)21-16-8-6-15(7-9-16)12-20-10-4-5-18(20)17-11-14(3)22-19-17/h6-9,11,13,18H,4-5,10,12H2,1-3H3/t18-/m0/s1. The van der Waals surface area contributed by atoms with Gasteiger partial charge in [0.1, 0.15) is 17.2 Å². The Balaban J connectivity index is 1.66. The third kappa shape index (κ3) is 3.50. The van der Waals surface area contributed by atoms with E-state index >= 15 is 0 Å². The fourth-order valence-corrected chi connectivity index (χ4v) is 3.07. The predicted molar refractivity (Wildman–Crippen MR) is 85.8 cm³/mol. The molecule has 2 aromatic rings. The van der Waals surface area contributed by atoms with Gasteiger partial charge in [-0.2, -0.15) is 0 Å². The topological polar surface area (TPSA) is 38.5 Å². The summed E-state index contributed by atoms with van der Waals surface area (Å²) in [6.07, 6.45) is 2.58. The van der Waals surface area contributed by atoms with E-state index in [1.54, 1.807) is 0 Å². The van der Waals surface area contributed by atoms with Crippen LogP contribution in [0.15, 0.2) is 34.9 Å². The van der Waals surface area contributed by atoms with Gasteiger partial charge in [-0.1, -0.05) is 17.3 Å². The van der Waals surface area contributed by atoms with Gasteiger partial charge in [-0.05, 0) is 57.9 Å². The largest absolute Gasteiger partial charge is 0.491 e. The smallest absolute Gasteiger partial charge is 0.133 e. The molecular formula is C18H24N2O2. The van der Waals surface area contributed by atoms with Crippen LogP contribution in [0.25, 0.3) is 0 Å². The van der Waals surface area contributed by atoms with E-state index in [2.05, 4.69) is 40.4 Å². The van der Waals surface area contributed by atoms with Crippen LogP contribution in [0.1, 0.15) is 49.7 Å². The summed E-state index contributed by atoms with van der Waals surface area (Å²) in [5.74, 6) is 1.82. The van der Waals surface area contributed by atoms with Crippen LogP contribution < -0.4 is 4.74 Å². The number of hydrogen-bond donors (Lipinski definition) is 0. The van der Waals surface area contributed by atoms with Crippen molar-refractivity contribution in [2.45, 2.75) is 52.3 Å². The second-order valence-electron chi connectivity index (χ2n) is 6.30. The number of aromatic nitrogens is 1. The predicted octanol–water partition coefficient (Wildman–Crippen LogP) is 4.11. The summed E-state index contributed by atoms with van der Waals surface area (Å²) < 4.78 is 10.9. The normalized spacial score (nSPS) is 19.0. The van der Waals surface area contributed by atoms with Crippen molar-refractivity contribution in [3.63, 3.8) is 0 Å². The van der Waals surface area contributed by atoms with Crippen molar-refractivity contribution in [2.24, 2.45) is 0 Å². The molecule has 0 radical (unpaired) electrons. The number of hydrogen-bond acceptors (Lipinski definition) is 4. The highest BCUT2D eigenvalue weighted by Gasteiger charge is 2.28. The zero-order chi connectivity index (χ0) is 15.5. The van der Waals surface area contributed by atoms with E-state index in [1.807, 2.05) is 20.8 Å². The first-order valence-electron chi connectivity index (χ1n) is 8.04. The number of likely N-dealkylation sites (tertiary alicyclic amines) is 1. The van der Waals surface area contributed by atoms with E-state index in [0.29, 0.717) is 6.04 Å². The second-order valence-corrected chi connectivity index (χ2v) is 6.30. The molecule has 0 amide bonds. The monoisotopic (exact) mass is 300 g/mol. The zero-order valence-electron chi connectivity index (χ0n) is 13.6. The SMILES string of the molecule is Cc1cc([C@@H]2CCCN2Cc2ccc(OC(C)C)cc2)no1. The number of benzene rings is 1. The van der Waals surface area contributed by atoms with Gasteiger partial charge < -0.3 is 9.26 Å². The number of aryl methyl sites for hydroxylation is 1. The van der Waals surface area contributed by atoms with E-state index in [1.165, 1.54) is 12.0 Å². The minimum atomic E-state index is 0.212. The maximum Gasteiger partial charge on any atom is 0.133 e. The van der Waals surface area contributed by atoms with E-state index in [-0.39, 0.29) is 6.10 Å². The lowest BCUT2D eigenvalue weighted by Gasteiger charge is -2.22. The van der Waals surface area contributed by atoms with Crippen LogP contribution in [-0.2, 0) is 6.54 Å². The number of nitrogens with zero attached hydrogens (tertiary/aromatic N) is 2. The highest BCUT2D eigenvalue weighted by Crippen LogP contribution is 2.32. The first kappa shape index (κ1) is 15.1. The molecule has 0 spiro atoms. The molecule has 0 aliphatic carbocycles. The van der Waals surface area contributed by atoms with Crippen LogP contribution in [0.5, 0.6) is 5.75 Å². The molecule has 1 aromatic carbocycles. The highest BCUT2D eigenvalue weighted by atomic mass is 16.5. The summed E-state index contributed by atoms with van der Waals surface area (Å²) in [7, 11) is 0. The van der Waals surface area contributed by atoms with Gasteiger partial charge in [0.05, 0.1) is 12.1 Å². The van der Waals surface area contributed by atoms with Crippen LogP contribution in [0, 0.1) is 6.92 Å². The van der Waals surface area contributed by atoms with Gasteiger partial charge in [-0.25, -0.2) is 0 Å². The van der Waals surface area contributed by atoms with E-state index in [4.69, 9.17) is 9.26 Å². The van der Waals surface area contributed by atoms with Crippen molar-refractivity contribution in [1.82, 2.24) is 10.1 Å². The van der Waals surface area contributed by atoms with E-state index < -0.39 is 0 Å². The van der Waals surface area contributed by atoms with E-state index in [9.17, 15) is 0 Å². The average Bonchev–Trinajstić information content (AvgIpc) is 3.09. The van der Waals surface area contributed by atoms with Gasteiger partial charge in [0, 0.05) is 12.6 Å². The number of rotatable bonds is 5. The Morgan fingerprint density at radius 1 is 1.32 bits per heavy atom. The van der Waals surface area contributed by atoms with Crippen molar-refractivity contribution in [2.75, 3.05) is 6.54 Å². The van der Waals surface area contributed by atoms with Gasteiger partial charge in [0.2, 0.25) is 0 Å². The highest BCUT2D eigenvalue weighted by molar-refractivity contribution is 5.27. The summed E-state index contributed by atoms with van der Waals surface area (Å²) in [4.78, 5) is 2.48. The Kier molecular flexibility index (Phi) is 4.48. The van der Waals surface area contributed by atoms with Gasteiger partial charge in [0.15, 0.2) is 0 Å². The Bertz CT molecular complexity index is 604. The Hall–Kier alpha value is -1.81. The van der Waals surface area contributed by atoms with Gasteiger partial charge in [0.25, 0.3) is 0 Å². The molecule has 0 N–H and O–H groups in total. The zero-order valence-corrected chi connectivity index (χ0v) is 13.6. The third-order valence-electron chi connectivity index (χ3n) is 4.03. The van der Waals surface area contributed by atoms with Crippen LogP contribution >= 0.6 is 0 Å². The lowest BCUT2D eigenvalue weighted by Crippen LogP contribution is -2.22. The number of ether oxygens (including phenoxy) is 1. The maximum absolute atomic E-state index is 5.70. The molecule has 0 unspecified atom stereocenters.